The number of ether oxygens (including phenoxy) is 1. The smallest absolute Gasteiger partial charge is 0.161 e. The van der Waals surface area contributed by atoms with Crippen molar-refractivity contribution in [3.8, 4) is 0 Å². The van der Waals surface area contributed by atoms with Gasteiger partial charge in [-0.05, 0) is 32.8 Å². The maximum atomic E-state index is 8.95. The molecule has 2 aromatic heterocycles. The third-order valence-electron chi connectivity index (χ3n) is 3.40. The Morgan fingerprint density at radius 3 is 2.85 bits per heavy atom. The average molecular weight is 278 g/mol. The van der Waals surface area contributed by atoms with Crippen molar-refractivity contribution in [2.75, 3.05) is 18.9 Å². The molecular formula is C14H22N4O2. The molecule has 3 N–H and O–H groups in total. The number of aryl methyl sites for hydroxylation is 2. The van der Waals surface area contributed by atoms with E-state index in [1.54, 1.807) is 0 Å². The van der Waals surface area contributed by atoms with Crippen LogP contribution in [-0.4, -0.2) is 32.9 Å². The number of nitrogens with two attached hydrogens (primary N) is 1. The average Bonchev–Trinajstić information content (AvgIpc) is 2.74. The molecular weight excluding hydrogens is 256 g/mol. The molecule has 0 saturated carbocycles. The Hall–Kier alpha value is -1.66. The highest BCUT2D eigenvalue weighted by atomic mass is 16.5. The number of hydrogen-bond donors (Lipinski definition) is 2. The van der Waals surface area contributed by atoms with Crippen LogP contribution in [-0.2, 0) is 18.2 Å². The van der Waals surface area contributed by atoms with Crippen LogP contribution in [0.2, 0.25) is 0 Å². The van der Waals surface area contributed by atoms with E-state index in [-0.39, 0.29) is 12.7 Å². The number of nitrogens with zero attached hydrogens (tertiary/aromatic N) is 3. The summed E-state index contributed by atoms with van der Waals surface area (Å²) < 4.78 is 7.53. The number of aliphatic hydroxyl groups is 1. The van der Waals surface area contributed by atoms with E-state index in [1.165, 1.54) is 0 Å². The molecule has 0 radical (unpaired) electrons. The summed E-state index contributed by atoms with van der Waals surface area (Å²) in [7, 11) is 1.95. The largest absolute Gasteiger partial charge is 0.396 e. The molecule has 6 nitrogen and oxygen atoms in total. The van der Waals surface area contributed by atoms with Gasteiger partial charge in [-0.2, -0.15) is 0 Å². The normalized spacial score (nSPS) is 13.0. The molecule has 0 aliphatic carbocycles. The monoisotopic (exact) mass is 278 g/mol. The van der Waals surface area contributed by atoms with Crippen molar-refractivity contribution >= 4 is 16.9 Å². The van der Waals surface area contributed by atoms with Gasteiger partial charge in [0, 0.05) is 26.0 Å². The molecule has 0 aliphatic heterocycles. The van der Waals surface area contributed by atoms with Gasteiger partial charge < -0.3 is 20.1 Å². The summed E-state index contributed by atoms with van der Waals surface area (Å²) in [5, 5.41) is 9.80. The molecule has 20 heavy (non-hydrogen) atoms. The quantitative estimate of drug-likeness (QED) is 0.837. The fourth-order valence-electron chi connectivity index (χ4n) is 2.29. The summed E-state index contributed by atoms with van der Waals surface area (Å²) >= 11 is 0. The van der Waals surface area contributed by atoms with E-state index in [4.69, 9.17) is 15.6 Å². The van der Waals surface area contributed by atoms with Gasteiger partial charge in [-0.1, -0.05) is 0 Å². The van der Waals surface area contributed by atoms with Gasteiger partial charge in [0.05, 0.1) is 5.39 Å². The molecule has 1 unspecified atom stereocenters. The van der Waals surface area contributed by atoms with Gasteiger partial charge in [-0.25, -0.2) is 9.97 Å². The number of nitrogen functional groups attached to an aromatic ring is 1. The number of aliphatic hydroxyl groups excluding tert-OH is 1. The lowest BCUT2D eigenvalue weighted by atomic mass is 10.2. The first-order chi connectivity index (χ1) is 9.58. The van der Waals surface area contributed by atoms with E-state index in [2.05, 4.69) is 9.97 Å². The van der Waals surface area contributed by atoms with Gasteiger partial charge in [-0.3, -0.25) is 0 Å². The topological polar surface area (TPSA) is 86.2 Å². The lowest BCUT2D eigenvalue weighted by molar-refractivity contribution is 0.0704. The van der Waals surface area contributed by atoms with Crippen molar-refractivity contribution in [3.05, 3.63) is 17.6 Å². The van der Waals surface area contributed by atoms with Crippen LogP contribution < -0.4 is 5.73 Å². The Labute approximate surface area is 118 Å². The molecule has 0 bridgehead atoms. The van der Waals surface area contributed by atoms with Crippen molar-refractivity contribution in [1.82, 2.24) is 14.5 Å². The number of hydrogen-bond acceptors (Lipinski definition) is 5. The molecule has 0 amide bonds. The summed E-state index contributed by atoms with van der Waals surface area (Å²) in [4.78, 5) is 8.90. The molecule has 2 heterocycles. The number of fused-ring (bicyclic) bond motifs is 1. The van der Waals surface area contributed by atoms with Crippen molar-refractivity contribution in [3.63, 3.8) is 0 Å². The lowest BCUT2D eigenvalue weighted by Crippen LogP contribution is -2.08. The SMILES string of the molecule is CCOC(C)c1nc(N)c2cc(CCCO)n(C)c2n1. The van der Waals surface area contributed by atoms with E-state index in [1.807, 2.05) is 31.5 Å². The standard InChI is InChI=1S/C14H22N4O2/c1-4-20-9(2)13-16-12(15)11-8-10(6-5-7-19)18(3)14(11)17-13/h8-9,19H,4-7H2,1-3H3,(H2,15,16,17). The van der Waals surface area contributed by atoms with Crippen LogP contribution in [0.5, 0.6) is 0 Å². The third kappa shape index (κ3) is 2.76. The van der Waals surface area contributed by atoms with Gasteiger partial charge in [0.15, 0.2) is 5.82 Å². The third-order valence-corrected chi connectivity index (χ3v) is 3.40. The highest BCUT2D eigenvalue weighted by Gasteiger charge is 2.16. The predicted molar refractivity (Wildman–Crippen MR) is 78.4 cm³/mol. The first-order valence-corrected chi connectivity index (χ1v) is 6.92. The Morgan fingerprint density at radius 1 is 1.45 bits per heavy atom. The second-order valence-corrected chi connectivity index (χ2v) is 4.82. The molecule has 2 aromatic rings. The second kappa shape index (κ2) is 6.19. The minimum absolute atomic E-state index is 0.176. The fourth-order valence-corrected chi connectivity index (χ4v) is 2.29. The fraction of sp³-hybridized carbons (Fsp3) is 0.571. The molecule has 2 rings (SSSR count). The summed E-state index contributed by atoms with van der Waals surface area (Å²) in [6.45, 7) is 4.64. The van der Waals surface area contributed by atoms with Crippen LogP contribution in [0, 0.1) is 0 Å². The summed E-state index contributed by atoms with van der Waals surface area (Å²) in [5.41, 5.74) is 7.94. The van der Waals surface area contributed by atoms with E-state index >= 15 is 0 Å². The minimum atomic E-state index is -0.178. The first kappa shape index (κ1) is 14.7. The number of rotatable bonds is 6. The molecule has 0 saturated heterocycles. The molecule has 0 spiro atoms. The first-order valence-electron chi connectivity index (χ1n) is 6.92. The summed E-state index contributed by atoms with van der Waals surface area (Å²) in [6.07, 6.45) is 1.33. The van der Waals surface area contributed by atoms with Crippen molar-refractivity contribution in [1.29, 1.82) is 0 Å². The van der Waals surface area contributed by atoms with Gasteiger partial charge in [0.2, 0.25) is 0 Å². The van der Waals surface area contributed by atoms with Crippen LogP contribution in [0.25, 0.3) is 11.0 Å². The Bertz CT molecular complexity index is 594. The van der Waals surface area contributed by atoms with E-state index < -0.39 is 0 Å². The van der Waals surface area contributed by atoms with Crippen LogP contribution >= 0.6 is 0 Å². The zero-order chi connectivity index (χ0) is 14.7. The Morgan fingerprint density at radius 2 is 2.20 bits per heavy atom. The van der Waals surface area contributed by atoms with E-state index in [0.717, 1.165) is 29.6 Å². The van der Waals surface area contributed by atoms with Gasteiger partial charge in [0.25, 0.3) is 0 Å². The minimum Gasteiger partial charge on any atom is -0.396 e. The predicted octanol–water partition coefficient (Wildman–Crippen LogP) is 1.57. The van der Waals surface area contributed by atoms with Gasteiger partial charge >= 0.3 is 0 Å². The summed E-state index contributed by atoms with van der Waals surface area (Å²) in [5.74, 6) is 1.08. The molecule has 0 aliphatic rings. The van der Waals surface area contributed by atoms with E-state index in [0.29, 0.717) is 18.2 Å². The molecule has 110 valence electrons. The van der Waals surface area contributed by atoms with Crippen molar-refractivity contribution in [2.45, 2.75) is 32.8 Å². The van der Waals surface area contributed by atoms with Crippen molar-refractivity contribution < 1.29 is 9.84 Å². The van der Waals surface area contributed by atoms with Crippen LogP contribution in [0.15, 0.2) is 6.07 Å². The molecule has 0 aromatic carbocycles. The Kier molecular flexibility index (Phi) is 4.57. The van der Waals surface area contributed by atoms with Gasteiger partial charge in [0.1, 0.15) is 17.6 Å². The number of aromatic nitrogens is 3. The highest BCUT2D eigenvalue weighted by Crippen LogP contribution is 2.25. The zero-order valence-corrected chi connectivity index (χ0v) is 12.3. The van der Waals surface area contributed by atoms with Gasteiger partial charge in [-0.15, -0.1) is 0 Å². The van der Waals surface area contributed by atoms with Crippen LogP contribution in [0.3, 0.4) is 0 Å². The number of anilines is 1. The highest BCUT2D eigenvalue weighted by molar-refractivity contribution is 5.87. The maximum absolute atomic E-state index is 8.95. The lowest BCUT2D eigenvalue weighted by Gasteiger charge is -2.11. The zero-order valence-electron chi connectivity index (χ0n) is 12.3. The van der Waals surface area contributed by atoms with Crippen LogP contribution in [0.4, 0.5) is 5.82 Å². The molecule has 0 fully saturated rings. The molecule has 6 heteroatoms. The van der Waals surface area contributed by atoms with E-state index in [9.17, 15) is 0 Å². The molecule has 1 atom stereocenters. The summed E-state index contributed by atoms with van der Waals surface area (Å²) in [6, 6.07) is 2.00. The maximum Gasteiger partial charge on any atom is 0.161 e. The van der Waals surface area contributed by atoms with Crippen molar-refractivity contribution in [2.24, 2.45) is 7.05 Å². The Balaban J connectivity index is 2.45. The van der Waals surface area contributed by atoms with Crippen LogP contribution in [0.1, 0.15) is 37.9 Å². The second-order valence-electron chi connectivity index (χ2n) is 4.82.